The molecular weight excluding hydrogens is 404 g/mol. The van der Waals surface area contributed by atoms with Crippen molar-refractivity contribution in [2.75, 3.05) is 20.3 Å². The van der Waals surface area contributed by atoms with Crippen molar-refractivity contribution in [2.45, 2.75) is 90.8 Å². The minimum Gasteiger partial charge on any atom is -0.497 e. The van der Waals surface area contributed by atoms with E-state index in [1.807, 2.05) is 12.1 Å². The van der Waals surface area contributed by atoms with Crippen LogP contribution in [0.3, 0.4) is 0 Å². The van der Waals surface area contributed by atoms with Crippen LogP contribution >= 0.6 is 0 Å². The molecule has 4 nitrogen and oxygen atoms in total. The standard InChI is InChI=1S/C26H44O4Si/c1-20(18-28-19-22-10-13-23(27-6)14-11-22)17-24-12-9-21(2)25(30-24)15-16-29-31(7,8)26(3,4)5/h9-11,13-14,20,24-25H,12,15-19H2,1-8H3/t20-,24+,25-/m1/s1. The van der Waals surface area contributed by atoms with Crippen molar-refractivity contribution in [3.8, 4) is 5.75 Å². The maximum absolute atomic E-state index is 6.46. The first kappa shape index (κ1) is 26.1. The highest BCUT2D eigenvalue weighted by atomic mass is 28.4. The fourth-order valence-electron chi connectivity index (χ4n) is 3.55. The molecule has 0 saturated heterocycles. The van der Waals surface area contributed by atoms with Crippen molar-refractivity contribution in [3.63, 3.8) is 0 Å². The molecule has 0 spiro atoms. The summed E-state index contributed by atoms with van der Waals surface area (Å²) in [6.45, 7) is 18.1. The Morgan fingerprint density at radius 1 is 1.16 bits per heavy atom. The molecule has 0 saturated carbocycles. The number of benzene rings is 1. The van der Waals surface area contributed by atoms with Gasteiger partial charge in [0, 0.05) is 13.2 Å². The van der Waals surface area contributed by atoms with Gasteiger partial charge in [0.1, 0.15) is 5.75 Å². The van der Waals surface area contributed by atoms with Crippen molar-refractivity contribution >= 4 is 8.32 Å². The van der Waals surface area contributed by atoms with Crippen molar-refractivity contribution in [2.24, 2.45) is 5.92 Å². The van der Waals surface area contributed by atoms with E-state index in [4.69, 9.17) is 18.6 Å². The third-order valence-corrected chi connectivity index (χ3v) is 11.3. The molecular formula is C26H44O4Si. The van der Waals surface area contributed by atoms with Crippen molar-refractivity contribution < 1.29 is 18.6 Å². The predicted octanol–water partition coefficient (Wildman–Crippen LogP) is 6.75. The zero-order valence-corrected chi connectivity index (χ0v) is 22.0. The summed E-state index contributed by atoms with van der Waals surface area (Å²) in [6.07, 6.45) is 5.75. The van der Waals surface area contributed by atoms with Crippen molar-refractivity contribution in [1.29, 1.82) is 0 Å². The lowest BCUT2D eigenvalue weighted by molar-refractivity contribution is -0.0293. The second kappa shape index (κ2) is 11.6. The smallest absolute Gasteiger partial charge is 0.191 e. The highest BCUT2D eigenvalue weighted by Crippen LogP contribution is 2.37. The monoisotopic (exact) mass is 448 g/mol. The molecule has 1 aromatic carbocycles. The van der Waals surface area contributed by atoms with Gasteiger partial charge in [0.05, 0.1) is 25.9 Å². The summed E-state index contributed by atoms with van der Waals surface area (Å²) in [5, 5.41) is 0.245. The van der Waals surface area contributed by atoms with Crippen molar-refractivity contribution in [1.82, 2.24) is 0 Å². The van der Waals surface area contributed by atoms with Gasteiger partial charge in [0.15, 0.2) is 8.32 Å². The highest BCUT2D eigenvalue weighted by molar-refractivity contribution is 6.74. The fourth-order valence-corrected chi connectivity index (χ4v) is 4.61. The Hall–Kier alpha value is -1.14. The normalized spacial score (nSPS) is 21.0. The minimum atomic E-state index is -1.70. The molecule has 0 radical (unpaired) electrons. The van der Waals surface area contributed by atoms with Gasteiger partial charge in [-0.05, 0) is 73.5 Å². The zero-order chi connectivity index (χ0) is 23.1. The number of rotatable bonds is 11. The Bertz CT molecular complexity index is 690. The van der Waals surface area contributed by atoms with Gasteiger partial charge in [-0.25, -0.2) is 0 Å². The SMILES string of the molecule is COc1ccc(COC[C@H](C)C[C@@H]2CC=C(C)[C@@H](CCO[Si](C)(C)C(C)(C)C)O2)cc1. The van der Waals surface area contributed by atoms with Crippen LogP contribution in [0.2, 0.25) is 18.1 Å². The summed E-state index contributed by atoms with van der Waals surface area (Å²) in [5.74, 6) is 1.33. The Balaban J connectivity index is 1.73. The summed E-state index contributed by atoms with van der Waals surface area (Å²) in [7, 11) is -0.0179. The molecule has 0 aromatic heterocycles. The first-order chi connectivity index (χ1) is 14.5. The maximum atomic E-state index is 6.46. The molecule has 1 aliphatic heterocycles. The minimum absolute atomic E-state index is 0.177. The summed E-state index contributed by atoms with van der Waals surface area (Å²) in [4.78, 5) is 0. The second-order valence-electron chi connectivity index (χ2n) is 10.5. The number of hydrogen-bond donors (Lipinski definition) is 0. The molecule has 176 valence electrons. The van der Waals surface area contributed by atoms with Gasteiger partial charge in [-0.1, -0.05) is 45.9 Å². The predicted molar refractivity (Wildman–Crippen MR) is 131 cm³/mol. The van der Waals surface area contributed by atoms with E-state index >= 15 is 0 Å². The lowest BCUT2D eigenvalue weighted by Crippen LogP contribution is -2.41. The van der Waals surface area contributed by atoms with Crippen LogP contribution in [-0.2, 0) is 20.5 Å². The van der Waals surface area contributed by atoms with E-state index in [2.05, 4.69) is 65.9 Å². The molecule has 1 heterocycles. The van der Waals surface area contributed by atoms with Gasteiger partial charge in [-0.2, -0.15) is 0 Å². The van der Waals surface area contributed by atoms with Gasteiger partial charge in [0.2, 0.25) is 0 Å². The first-order valence-corrected chi connectivity index (χ1v) is 14.6. The van der Waals surface area contributed by atoms with Crippen LogP contribution in [0.4, 0.5) is 0 Å². The van der Waals surface area contributed by atoms with Crippen LogP contribution in [0.15, 0.2) is 35.9 Å². The largest absolute Gasteiger partial charge is 0.497 e. The van der Waals surface area contributed by atoms with Crippen LogP contribution in [0.5, 0.6) is 5.75 Å². The third-order valence-electron chi connectivity index (χ3n) is 6.71. The first-order valence-electron chi connectivity index (χ1n) is 11.7. The summed E-state index contributed by atoms with van der Waals surface area (Å²) in [5.41, 5.74) is 2.51. The summed E-state index contributed by atoms with van der Waals surface area (Å²) >= 11 is 0. The van der Waals surface area contributed by atoms with Crippen LogP contribution in [-0.4, -0.2) is 40.8 Å². The molecule has 3 atom stereocenters. The van der Waals surface area contributed by atoms with Gasteiger partial charge in [-0.3, -0.25) is 0 Å². The van der Waals surface area contributed by atoms with E-state index in [1.165, 1.54) is 11.1 Å². The molecule has 1 aliphatic rings. The molecule has 0 N–H and O–H groups in total. The van der Waals surface area contributed by atoms with E-state index in [0.29, 0.717) is 12.5 Å². The number of hydrogen-bond acceptors (Lipinski definition) is 4. The topological polar surface area (TPSA) is 36.9 Å². The molecule has 1 aromatic rings. The Kier molecular flexibility index (Phi) is 9.81. The van der Waals surface area contributed by atoms with Gasteiger partial charge in [-0.15, -0.1) is 0 Å². The van der Waals surface area contributed by atoms with E-state index in [1.54, 1.807) is 7.11 Å². The van der Waals surface area contributed by atoms with Gasteiger partial charge >= 0.3 is 0 Å². The zero-order valence-electron chi connectivity index (χ0n) is 21.0. The lowest BCUT2D eigenvalue weighted by Gasteiger charge is -2.37. The Morgan fingerprint density at radius 3 is 2.45 bits per heavy atom. The molecule has 0 amide bonds. The fraction of sp³-hybridized carbons (Fsp3) is 0.692. The molecule has 0 unspecified atom stereocenters. The Labute approximate surface area is 191 Å². The van der Waals surface area contributed by atoms with Crippen LogP contribution < -0.4 is 4.74 Å². The molecule has 31 heavy (non-hydrogen) atoms. The van der Waals surface area contributed by atoms with E-state index < -0.39 is 8.32 Å². The summed E-state index contributed by atoms with van der Waals surface area (Å²) in [6, 6.07) is 8.05. The van der Waals surface area contributed by atoms with E-state index in [0.717, 1.165) is 38.2 Å². The van der Waals surface area contributed by atoms with E-state index in [9.17, 15) is 0 Å². The quantitative estimate of drug-likeness (QED) is 0.277. The van der Waals surface area contributed by atoms with Crippen molar-refractivity contribution in [3.05, 3.63) is 41.5 Å². The lowest BCUT2D eigenvalue weighted by atomic mass is 9.96. The number of methoxy groups -OCH3 is 1. The number of ether oxygens (including phenoxy) is 3. The summed E-state index contributed by atoms with van der Waals surface area (Å²) < 4.78 is 24.0. The third kappa shape index (κ3) is 8.37. The van der Waals surface area contributed by atoms with Crippen LogP contribution in [0, 0.1) is 5.92 Å². The second-order valence-corrected chi connectivity index (χ2v) is 15.3. The molecule has 2 rings (SSSR count). The molecule has 0 bridgehead atoms. The van der Waals surface area contributed by atoms with Gasteiger partial charge in [0.25, 0.3) is 0 Å². The van der Waals surface area contributed by atoms with Gasteiger partial charge < -0.3 is 18.6 Å². The van der Waals surface area contributed by atoms with E-state index in [-0.39, 0.29) is 17.2 Å². The maximum Gasteiger partial charge on any atom is 0.191 e. The highest BCUT2D eigenvalue weighted by Gasteiger charge is 2.37. The molecule has 0 aliphatic carbocycles. The Morgan fingerprint density at radius 2 is 1.84 bits per heavy atom. The average Bonchev–Trinajstić information content (AvgIpc) is 2.70. The van der Waals surface area contributed by atoms with Crippen LogP contribution in [0.1, 0.15) is 59.4 Å². The average molecular weight is 449 g/mol. The molecule has 5 heteroatoms. The molecule has 0 fully saturated rings. The van der Waals surface area contributed by atoms with Crippen LogP contribution in [0.25, 0.3) is 0 Å².